The van der Waals surface area contributed by atoms with Crippen molar-refractivity contribution in [3.8, 4) is 0 Å². The lowest BCUT2D eigenvalue weighted by Gasteiger charge is -2.32. The molecule has 1 unspecified atom stereocenters. The molecule has 3 rings (SSSR count). The van der Waals surface area contributed by atoms with Gasteiger partial charge in [-0.1, -0.05) is 0 Å². The van der Waals surface area contributed by atoms with E-state index in [4.69, 9.17) is 0 Å². The number of piperidine rings is 1. The number of nitrogens with one attached hydrogen (secondary N) is 1. The number of nitrogens with zero attached hydrogens (tertiary/aromatic N) is 3. The molecule has 2 aromatic rings. The summed E-state index contributed by atoms with van der Waals surface area (Å²) in [5, 5.41) is 6.80. The second-order valence-electron chi connectivity index (χ2n) is 6.54. The summed E-state index contributed by atoms with van der Waals surface area (Å²) >= 11 is 0. The molecule has 6 nitrogen and oxygen atoms in total. The van der Waals surface area contributed by atoms with Crippen molar-refractivity contribution in [1.82, 2.24) is 19.7 Å². The van der Waals surface area contributed by atoms with Crippen LogP contribution < -0.4 is 0 Å². The normalized spacial score (nSPS) is 20.0. The van der Waals surface area contributed by atoms with Gasteiger partial charge < -0.3 is 4.57 Å². The predicted molar refractivity (Wildman–Crippen MR) is 88.8 cm³/mol. The van der Waals surface area contributed by atoms with Gasteiger partial charge in [0, 0.05) is 38.3 Å². The van der Waals surface area contributed by atoms with Crippen LogP contribution in [0.15, 0.2) is 29.4 Å². The maximum absolute atomic E-state index is 11.8. The van der Waals surface area contributed by atoms with Crippen LogP contribution in [0.2, 0.25) is 0 Å². The lowest BCUT2D eigenvalue weighted by Crippen LogP contribution is -2.36. The summed E-state index contributed by atoms with van der Waals surface area (Å²) in [5.41, 5.74) is 2.06. The summed E-state index contributed by atoms with van der Waals surface area (Å²) in [6.07, 6.45) is 7.76. The molecule has 1 saturated heterocycles. The van der Waals surface area contributed by atoms with Crippen LogP contribution in [0.3, 0.4) is 0 Å². The lowest BCUT2D eigenvalue weighted by atomic mass is 9.93. The quantitative estimate of drug-likeness (QED) is 0.900. The molecule has 1 atom stereocenters. The first-order chi connectivity index (χ1) is 10.9. The largest absolute Gasteiger partial charge is 0.353 e. The molecular weight excluding hydrogens is 312 g/mol. The number of likely N-dealkylation sites (tertiary alicyclic amines) is 1. The summed E-state index contributed by atoms with van der Waals surface area (Å²) < 4.78 is 25.7. The van der Waals surface area contributed by atoms with Crippen LogP contribution in [0, 0.1) is 5.92 Å². The topological polar surface area (TPSA) is 71.0 Å². The lowest BCUT2D eigenvalue weighted by molar-refractivity contribution is 0.163. The van der Waals surface area contributed by atoms with Crippen molar-refractivity contribution in [2.75, 3.05) is 19.3 Å². The average molecular weight is 336 g/mol. The highest BCUT2D eigenvalue weighted by Crippen LogP contribution is 2.24. The first-order valence-electron chi connectivity index (χ1n) is 7.98. The second kappa shape index (κ2) is 6.49. The van der Waals surface area contributed by atoms with Gasteiger partial charge in [-0.25, -0.2) is 8.42 Å². The van der Waals surface area contributed by atoms with Crippen LogP contribution in [0.5, 0.6) is 0 Å². The van der Waals surface area contributed by atoms with Crippen LogP contribution in [-0.4, -0.2) is 47.4 Å². The Hall–Kier alpha value is -1.60. The highest BCUT2D eigenvalue weighted by Gasteiger charge is 2.24. The van der Waals surface area contributed by atoms with E-state index in [1.54, 1.807) is 0 Å². The van der Waals surface area contributed by atoms with E-state index >= 15 is 0 Å². The minimum atomic E-state index is -3.21. The zero-order chi connectivity index (χ0) is 16.4. The summed E-state index contributed by atoms with van der Waals surface area (Å²) in [5.74, 6) is 0.463. The minimum absolute atomic E-state index is 0.344. The SMILES string of the molecule is Cn1cccc1CN1CCCC(Cc2[nH]ncc2S(C)(=O)=O)C1. The number of sulfone groups is 1. The van der Waals surface area contributed by atoms with Gasteiger partial charge in [-0.3, -0.25) is 10.00 Å². The summed E-state index contributed by atoms with van der Waals surface area (Å²) in [6.45, 7) is 3.04. The number of aryl methyl sites for hydroxylation is 1. The fourth-order valence-corrected chi connectivity index (χ4v) is 4.23. The standard InChI is InChI=1S/C16H24N4O2S/c1-19-7-4-6-14(19)12-20-8-3-5-13(11-20)9-15-16(10-17-18-15)23(2,21)22/h4,6-7,10,13H,3,5,8-9,11-12H2,1-2H3,(H,17,18). The van der Waals surface area contributed by atoms with Gasteiger partial charge in [0.2, 0.25) is 0 Å². The summed E-state index contributed by atoms with van der Waals surface area (Å²) in [4.78, 5) is 2.80. The molecule has 0 amide bonds. The summed E-state index contributed by atoms with van der Waals surface area (Å²) in [6, 6.07) is 4.22. The molecule has 0 saturated carbocycles. The molecule has 3 heterocycles. The molecule has 7 heteroatoms. The van der Waals surface area contributed by atoms with Crippen molar-refractivity contribution in [1.29, 1.82) is 0 Å². The fourth-order valence-electron chi connectivity index (χ4n) is 3.41. The van der Waals surface area contributed by atoms with E-state index in [2.05, 4.69) is 45.0 Å². The predicted octanol–water partition coefficient (Wildman–Crippen LogP) is 1.61. The van der Waals surface area contributed by atoms with Gasteiger partial charge in [0.15, 0.2) is 9.84 Å². The number of hydrogen-bond acceptors (Lipinski definition) is 4. The Bertz CT molecular complexity index is 763. The minimum Gasteiger partial charge on any atom is -0.353 e. The molecule has 1 fully saturated rings. The molecule has 126 valence electrons. The second-order valence-corrected chi connectivity index (χ2v) is 8.53. The molecule has 0 spiro atoms. The summed E-state index contributed by atoms with van der Waals surface area (Å²) in [7, 11) is -1.14. The third-order valence-electron chi connectivity index (χ3n) is 4.61. The van der Waals surface area contributed by atoms with Gasteiger partial charge in [-0.05, 0) is 43.9 Å². The third-order valence-corrected chi connectivity index (χ3v) is 5.76. The molecule has 2 aromatic heterocycles. The number of aromatic nitrogens is 3. The number of rotatable bonds is 5. The monoisotopic (exact) mass is 336 g/mol. The van der Waals surface area contributed by atoms with Crippen molar-refractivity contribution in [3.05, 3.63) is 35.9 Å². The van der Waals surface area contributed by atoms with Crippen molar-refractivity contribution >= 4 is 9.84 Å². The molecule has 0 aromatic carbocycles. The average Bonchev–Trinajstić information content (AvgIpc) is 3.09. The van der Waals surface area contributed by atoms with Gasteiger partial charge >= 0.3 is 0 Å². The van der Waals surface area contributed by atoms with Crippen LogP contribution in [-0.2, 0) is 29.9 Å². The number of hydrogen-bond donors (Lipinski definition) is 1. The Labute approximate surface area is 137 Å². The van der Waals surface area contributed by atoms with E-state index < -0.39 is 9.84 Å². The Morgan fingerprint density at radius 2 is 2.26 bits per heavy atom. The Morgan fingerprint density at radius 3 is 2.96 bits per heavy atom. The zero-order valence-electron chi connectivity index (χ0n) is 13.7. The van der Waals surface area contributed by atoms with Gasteiger partial charge in [0.1, 0.15) is 4.90 Å². The van der Waals surface area contributed by atoms with Gasteiger partial charge in [-0.2, -0.15) is 5.10 Å². The van der Waals surface area contributed by atoms with E-state index in [0.29, 0.717) is 10.8 Å². The van der Waals surface area contributed by atoms with E-state index in [9.17, 15) is 8.42 Å². The highest BCUT2D eigenvalue weighted by atomic mass is 32.2. The van der Waals surface area contributed by atoms with Crippen LogP contribution in [0.1, 0.15) is 24.2 Å². The molecule has 1 aliphatic heterocycles. The van der Waals surface area contributed by atoms with Crippen LogP contribution >= 0.6 is 0 Å². The van der Waals surface area contributed by atoms with Crippen molar-refractivity contribution < 1.29 is 8.42 Å². The number of H-pyrrole nitrogens is 1. The molecule has 1 N–H and O–H groups in total. The molecule has 1 aliphatic rings. The van der Waals surface area contributed by atoms with Crippen LogP contribution in [0.4, 0.5) is 0 Å². The smallest absolute Gasteiger partial charge is 0.178 e. The fraction of sp³-hybridized carbons (Fsp3) is 0.562. The molecule has 0 aliphatic carbocycles. The molecular formula is C16H24N4O2S. The van der Waals surface area contributed by atoms with E-state index in [0.717, 1.165) is 44.6 Å². The molecule has 0 bridgehead atoms. The first kappa shape index (κ1) is 16.3. The van der Waals surface area contributed by atoms with Crippen molar-refractivity contribution in [3.63, 3.8) is 0 Å². The third kappa shape index (κ3) is 3.84. The van der Waals surface area contributed by atoms with E-state index in [-0.39, 0.29) is 0 Å². The highest BCUT2D eigenvalue weighted by molar-refractivity contribution is 7.90. The maximum atomic E-state index is 11.8. The van der Waals surface area contributed by atoms with Crippen molar-refractivity contribution in [2.24, 2.45) is 13.0 Å². The van der Waals surface area contributed by atoms with E-state index in [1.807, 2.05) is 0 Å². The molecule has 0 radical (unpaired) electrons. The molecule has 23 heavy (non-hydrogen) atoms. The van der Waals surface area contributed by atoms with Gasteiger partial charge in [0.25, 0.3) is 0 Å². The number of aromatic amines is 1. The Morgan fingerprint density at radius 1 is 1.43 bits per heavy atom. The maximum Gasteiger partial charge on any atom is 0.178 e. The first-order valence-corrected chi connectivity index (χ1v) is 9.87. The van der Waals surface area contributed by atoms with Crippen LogP contribution in [0.25, 0.3) is 0 Å². The van der Waals surface area contributed by atoms with E-state index in [1.165, 1.54) is 18.1 Å². The Balaban J connectivity index is 1.65. The van der Waals surface area contributed by atoms with Crippen molar-refractivity contribution in [2.45, 2.75) is 30.7 Å². The van der Waals surface area contributed by atoms with Gasteiger partial charge in [-0.15, -0.1) is 0 Å². The Kier molecular flexibility index (Phi) is 4.59. The van der Waals surface area contributed by atoms with Gasteiger partial charge in [0.05, 0.1) is 11.9 Å². The zero-order valence-corrected chi connectivity index (χ0v) is 14.5.